The van der Waals surface area contributed by atoms with Crippen molar-refractivity contribution in [3.63, 3.8) is 0 Å². The molecule has 1 aromatic rings. The van der Waals surface area contributed by atoms with E-state index in [0.29, 0.717) is 5.82 Å². The second-order valence-electron chi connectivity index (χ2n) is 6.05. The number of nitrogens with zero attached hydrogens (tertiary/aromatic N) is 4. The molecule has 0 saturated carbocycles. The molecule has 0 radical (unpaired) electrons. The predicted octanol–water partition coefficient (Wildman–Crippen LogP) is 0.657. The fourth-order valence-electron chi connectivity index (χ4n) is 3.36. The maximum absolute atomic E-state index is 5.73. The Morgan fingerprint density at radius 3 is 2.52 bits per heavy atom. The van der Waals surface area contributed by atoms with Gasteiger partial charge in [0.25, 0.3) is 0 Å². The number of anilines is 3. The van der Waals surface area contributed by atoms with Gasteiger partial charge in [0.15, 0.2) is 0 Å². The number of hydrogen-bond donors (Lipinski definition) is 3. The number of likely N-dealkylation sites (tertiary alicyclic amines) is 1. The Labute approximate surface area is 125 Å². The van der Waals surface area contributed by atoms with Gasteiger partial charge in [0.05, 0.1) is 0 Å². The third-order valence-corrected chi connectivity index (χ3v) is 4.53. The third kappa shape index (κ3) is 3.54. The number of hydrazine groups is 1. The fraction of sp³-hybridized carbons (Fsp3) is 0.714. The van der Waals surface area contributed by atoms with Crippen LogP contribution in [0.1, 0.15) is 25.7 Å². The van der Waals surface area contributed by atoms with Crippen molar-refractivity contribution in [2.75, 3.05) is 48.8 Å². The van der Waals surface area contributed by atoms with Crippen molar-refractivity contribution in [1.82, 2.24) is 14.9 Å². The van der Waals surface area contributed by atoms with Gasteiger partial charge in [-0.2, -0.15) is 9.97 Å². The lowest BCUT2D eigenvalue weighted by molar-refractivity contribution is 0.249. The van der Waals surface area contributed by atoms with E-state index in [4.69, 9.17) is 11.6 Å². The number of nitrogens with two attached hydrogens (primary N) is 2. The quantitative estimate of drug-likeness (QED) is 0.554. The largest absolute Gasteiger partial charge is 0.368 e. The zero-order valence-electron chi connectivity index (χ0n) is 12.5. The molecule has 0 amide bonds. The molecule has 2 saturated heterocycles. The summed E-state index contributed by atoms with van der Waals surface area (Å²) in [4.78, 5) is 13.2. The first-order valence-electron chi connectivity index (χ1n) is 7.83. The minimum atomic E-state index is 0.264. The number of hydrogen-bond acceptors (Lipinski definition) is 7. The zero-order valence-corrected chi connectivity index (χ0v) is 12.5. The molecule has 5 N–H and O–H groups in total. The predicted molar refractivity (Wildman–Crippen MR) is 84.9 cm³/mol. The highest BCUT2D eigenvalue weighted by Crippen LogP contribution is 2.25. The number of aromatic nitrogens is 2. The standard InChI is InChI=1S/C14H25N7/c15-14-17-12(19-16)9-13(18-14)21-7-3-11(4-8-21)10-20-5-1-2-6-20/h9,11H,1-8,10,16H2,(H3,15,17,18,19). The minimum absolute atomic E-state index is 0.264. The molecular formula is C14H25N7. The van der Waals surface area contributed by atoms with Crippen LogP contribution < -0.4 is 21.9 Å². The smallest absolute Gasteiger partial charge is 0.223 e. The molecule has 0 aliphatic carbocycles. The van der Waals surface area contributed by atoms with Crippen molar-refractivity contribution in [2.45, 2.75) is 25.7 Å². The summed E-state index contributed by atoms with van der Waals surface area (Å²) in [5, 5.41) is 0. The van der Waals surface area contributed by atoms with Crippen LogP contribution in [0.15, 0.2) is 6.07 Å². The second kappa shape index (κ2) is 6.44. The van der Waals surface area contributed by atoms with Gasteiger partial charge in [-0.1, -0.05) is 0 Å². The Kier molecular flexibility index (Phi) is 4.40. The summed E-state index contributed by atoms with van der Waals surface area (Å²) in [6.45, 7) is 5.88. The van der Waals surface area contributed by atoms with E-state index in [1.165, 1.54) is 45.3 Å². The monoisotopic (exact) mass is 291 g/mol. The van der Waals surface area contributed by atoms with Gasteiger partial charge >= 0.3 is 0 Å². The van der Waals surface area contributed by atoms with E-state index >= 15 is 0 Å². The van der Waals surface area contributed by atoms with E-state index in [2.05, 4.69) is 25.2 Å². The van der Waals surface area contributed by atoms with Crippen LogP contribution >= 0.6 is 0 Å². The van der Waals surface area contributed by atoms with Crippen LogP contribution in [0.3, 0.4) is 0 Å². The summed E-state index contributed by atoms with van der Waals surface area (Å²) >= 11 is 0. The van der Waals surface area contributed by atoms with Crippen molar-refractivity contribution >= 4 is 17.6 Å². The first kappa shape index (κ1) is 14.3. The summed E-state index contributed by atoms with van der Waals surface area (Å²) in [5.74, 6) is 7.92. The molecule has 7 nitrogen and oxygen atoms in total. The van der Waals surface area contributed by atoms with E-state index in [1.807, 2.05) is 6.07 Å². The molecule has 116 valence electrons. The molecular weight excluding hydrogens is 266 g/mol. The van der Waals surface area contributed by atoms with Crippen molar-refractivity contribution in [3.8, 4) is 0 Å². The van der Waals surface area contributed by atoms with E-state index in [0.717, 1.165) is 24.8 Å². The molecule has 2 fully saturated rings. The summed E-state index contributed by atoms with van der Waals surface area (Å²) in [6.07, 6.45) is 5.17. The van der Waals surface area contributed by atoms with Gasteiger partial charge < -0.3 is 21.0 Å². The van der Waals surface area contributed by atoms with Crippen LogP contribution in [0.4, 0.5) is 17.6 Å². The maximum Gasteiger partial charge on any atom is 0.223 e. The van der Waals surface area contributed by atoms with Crippen molar-refractivity contribution in [1.29, 1.82) is 0 Å². The molecule has 2 aliphatic rings. The second-order valence-corrected chi connectivity index (χ2v) is 6.05. The molecule has 2 aliphatic heterocycles. The molecule has 3 heterocycles. The summed E-state index contributed by atoms with van der Waals surface area (Å²) in [5.41, 5.74) is 8.27. The first-order chi connectivity index (χ1) is 10.2. The Balaban J connectivity index is 1.56. The van der Waals surface area contributed by atoms with Gasteiger partial charge in [0.1, 0.15) is 11.6 Å². The molecule has 0 spiro atoms. The SMILES string of the molecule is NNc1cc(N2CCC(CN3CCCC3)CC2)nc(N)n1. The average molecular weight is 291 g/mol. The summed E-state index contributed by atoms with van der Waals surface area (Å²) < 4.78 is 0. The number of nitrogens with one attached hydrogen (secondary N) is 1. The first-order valence-corrected chi connectivity index (χ1v) is 7.83. The Morgan fingerprint density at radius 1 is 1.14 bits per heavy atom. The number of nitrogen functional groups attached to an aromatic ring is 2. The highest BCUT2D eigenvalue weighted by Gasteiger charge is 2.23. The van der Waals surface area contributed by atoms with E-state index in [1.54, 1.807) is 0 Å². The Hall–Kier alpha value is -1.60. The molecule has 3 rings (SSSR count). The van der Waals surface area contributed by atoms with Crippen molar-refractivity contribution < 1.29 is 0 Å². The van der Waals surface area contributed by atoms with Crippen molar-refractivity contribution in [2.24, 2.45) is 11.8 Å². The minimum Gasteiger partial charge on any atom is -0.368 e. The van der Waals surface area contributed by atoms with Gasteiger partial charge in [0, 0.05) is 25.7 Å². The maximum atomic E-state index is 5.73. The van der Waals surface area contributed by atoms with Gasteiger partial charge in [-0.25, -0.2) is 5.84 Å². The van der Waals surface area contributed by atoms with Gasteiger partial charge in [-0.05, 0) is 44.7 Å². The normalized spacial score (nSPS) is 20.9. The van der Waals surface area contributed by atoms with Gasteiger partial charge in [-0.15, -0.1) is 0 Å². The van der Waals surface area contributed by atoms with Crippen LogP contribution in [-0.4, -0.2) is 47.6 Å². The van der Waals surface area contributed by atoms with Crippen LogP contribution in [0.5, 0.6) is 0 Å². The van der Waals surface area contributed by atoms with Gasteiger partial charge in [0.2, 0.25) is 5.95 Å². The molecule has 0 unspecified atom stereocenters. The topological polar surface area (TPSA) is 96.3 Å². The highest BCUT2D eigenvalue weighted by atomic mass is 15.3. The Morgan fingerprint density at radius 2 is 1.86 bits per heavy atom. The number of piperidine rings is 1. The molecule has 0 atom stereocenters. The summed E-state index contributed by atoms with van der Waals surface area (Å²) in [6, 6.07) is 1.86. The van der Waals surface area contributed by atoms with E-state index in [-0.39, 0.29) is 5.95 Å². The average Bonchev–Trinajstić information content (AvgIpc) is 3.00. The number of rotatable bonds is 4. The summed E-state index contributed by atoms with van der Waals surface area (Å²) in [7, 11) is 0. The highest BCUT2D eigenvalue weighted by molar-refractivity contribution is 5.52. The molecule has 1 aromatic heterocycles. The molecule has 7 heteroatoms. The molecule has 21 heavy (non-hydrogen) atoms. The Bertz CT molecular complexity index is 464. The molecule has 0 aromatic carbocycles. The van der Waals surface area contributed by atoms with Crippen LogP contribution in [-0.2, 0) is 0 Å². The lowest BCUT2D eigenvalue weighted by atomic mass is 9.96. The van der Waals surface area contributed by atoms with Crippen LogP contribution in [0.2, 0.25) is 0 Å². The molecule has 0 bridgehead atoms. The van der Waals surface area contributed by atoms with E-state index < -0.39 is 0 Å². The van der Waals surface area contributed by atoms with E-state index in [9.17, 15) is 0 Å². The van der Waals surface area contributed by atoms with Gasteiger partial charge in [-0.3, -0.25) is 0 Å². The van der Waals surface area contributed by atoms with Crippen LogP contribution in [0.25, 0.3) is 0 Å². The fourth-order valence-corrected chi connectivity index (χ4v) is 3.36. The van der Waals surface area contributed by atoms with Crippen LogP contribution in [0, 0.1) is 5.92 Å². The third-order valence-electron chi connectivity index (χ3n) is 4.53. The zero-order chi connectivity index (χ0) is 14.7. The van der Waals surface area contributed by atoms with Crippen molar-refractivity contribution in [3.05, 3.63) is 6.07 Å². The lowest BCUT2D eigenvalue weighted by Crippen LogP contribution is -2.38. The lowest BCUT2D eigenvalue weighted by Gasteiger charge is -2.34.